The highest BCUT2D eigenvalue weighted by molar-refractivity contribution is 6.20. The van der Waals surface area contributed by atoms with Crippen molar-refractivity contribution < 1.29 is 0 Å². The molecule has 2 unspecified atom stereocenters. The molecule has 0 spiro atoms. The van der Waals surface area contributed by atoms with Crippen molar-refractivity contribution in [1.82, 2.24) is 0 Å². The summed E-state index contributed by atoms with van der Waals surface area (Å²) in [4.78, 5) is 0. The van der Waals surface area contributed by atoms with Gasteiger partial charge >= 0.3 is 0 Å². The molecule has 0 radical (unpaired) electrons. The smallest absolute Gasteiger partial charge is 0.0625 e. The minimum absolute atomic E-state index is 0.0451. The summed E-state index contributed by atoms with van der Waals surface area (Å²) in [6.45, 7) is 6.59. The Morgan fingerprint density at radius 2 is 1.45 bits per heavy atom. The highest BCUT2D eigenvalue weighted by atomic mass is 35.5. The van der Waals surface area contributed by atoms with Gasteiger partial charge in [0.25, 0.3) is 0 Å². The van der Waals surface area contributed by atoms with Crippen LogP contribution in [0.2, 0.25) is 0 Å². The second-order valence-corrected chi connectivity index (χ2v) is 6.16. The van der Waals surface area contributed by atoms with Crippen LogP contribution in [0, 0.1) is 6.92 Å². The van der Waals surface area contributed by atoms with Crippen molar-refractivity contribution in [3.8, 4) is 0 Å². The molecule has 0 amide bonds. The Bertz CT molecular complexity index is 525. The predicted molar refractivity (Wildman–Crippen MR) is 88.6 cm³/mol. The first-order valence-electron chi connectivity index (χ1n) is 7.39. The number of aryl methyl sites for hydroxylation is 1. The number of halogens is 1. The molecule has 0 bridgehead atoms. The first-order valence-corrected chi connectivity index (χ1v) is 7.83. The molecular formula is C19H23Cl. The molecule has 2 aromatic carbocycles. The first kappa shape index (κ1) is 15.1. The van der Waals surface area contributed by atoms with E-state index in [-0.39, 0.29) is 5.38 Å². The molecule has 2 aromatic rings. The molecule has 0 aromatic heterocycles. The van der Waals surface area contributed by atoms with Crippen LogP contribution >= 0.6 is 11.6 Å². The van der Waals surface area contributed by atoms with Crippen molar-refractivity contribution >= 4 is 11.6 Å². The molecule has 20 heavy (non-hydrogen) atoms. The zero-order valence-corrected chi connectivity index (χ0v) is 13.3. The molecule has 2 atom stereocenters. The number of rotatable bonds is 5. The van der Waals surface area contributed by atoms with Crippen LogP contribution in [-0.4, -0.2) is 0 Å². The van der Waals surface area contributed by atoms with Crippen LogP contribution in [-0.2, 0) is 6.42 Å². The van der Waals surface area contributed by atoms with Crippen LogP contribution in [0.25, 0.3) is 0 Å². The van der Waals surface area contributed by atoms with Crippen molar-refractivity contribution in [2.24, 2.45) is 0 Å². The van der Waals surface area contributed by atoms with Crippen LogP contribution in [0.1, 0.15) is 53.8 Å². The lowest BCUT2D eigenvalue weighted by atomic mass is 9.96. The van der Waals surface area contributed by atoms with Crippen molar-refractivity contribution in [1.29, 1.82) is 0 Å². The van der Waals surface area contributed by atoms with Gasteiger partial charge in [-0.05, 0) is 42.4 Å². The summed E-state index contributed by atoms with van der Waals surface area (Å²) >= 11 is 6.55. The molecule has 106 valence electrons. The number of hydrogen-bond acceptors (Lipinski definition) is 0. The number of hydrogen-bond donors (Lipinski definition) is 0. The van der Waals surface area contributed by atoms with Gasteiger partial charge in [0.2, 0.25) is 0 Å². The molecule has 0 fully saturated rings. The average Bonchev–Trinajstić information content (AvgIpc) is 2.49. The van der Waals surface area contributed by atoms with E-state index >= 15 is 0 Å². The van der Waals surface area contributed by atoms with E-state index in [0.717, 1.165) is 6.42 Å². The maximum Gasteiger partial charge on any atom is 0.0625 e. The van der Waals surface area contributed by atoms with Gasteiger partial charge in [-0.1, -0.05) is 67.9 Å². The Morgan fingerprint density at radius 3 is 2.00 bits per heavy atom. The third kappa shape index (κ3) is 3.86. The van der Waals surface area contributed by atoms with Crippen LogP contribution in [0.4, 0.5) is 0 Å². The highest BCUT2D eigenvalue weighted by Gasteiger charge is 2.10. The molecule has 0 heterocycles. The fraction of sp³-hybridized carbons (Fsp3) is 0.368. The Balaban J connectivity index is 2.05. The molecule has 0 aliphatic heterocycles. The molecule has 1 heteroatoms. The minimum Gasteiger partial charge on any atom is -0.117 e. The van der Waals surface area contributed by atoms with Gasteiger partial charge in [0, 0.05) is 0 Å². The van der Waals surface area contributed by atoms with Gasteiger partial charge in [0.15, 0.2) is 0 Å². The SMILES string of the molecule is CCC(C)c1ccc(C(Cl)Cc2ccc(C)cc2)cc1. The van der Waals surface area contributed by atoms with Crippen molar-refractivity contribution in [2.45, 2.75) is 44.9 Å². The van der Waals surface area contributed by atoms with E-state index in [9.17, 15) is 0 Å². The molecule has 0 N–H and O–H groups in total. The van der Waals surface area contributed by atoms with E-state index in [0.29, 0.717) is 5.92 Å². The van der Waals surface area contributed by atoms with Crippen molar-refractivity contribution in [2.75, 3.05) is 0 Å². The van der Waals surface area contributed by atoms with E-state index in [2.05, 4.69) is 69.3 Å². The lowest BCUT2D eigenvalue weighted by Crippen LogP contribution is -1.97. The Morgan fingerprint density at radius 1 is 0.900 bits per heavy atom. The lowest BCUT2D eigenvalue weighted by Gasteiger charge is -2.13. The molecule has 0 aliphatic carbocycles. The Kier molecular flexibility index (Phi) is 5.25. The molecule has 2 rings (SSSR count). The normalized spacial score (nSPS) is 14.0. The van der Waals surface area contributed by atoms with Crippen LogP contribution in [0.15, 0.2) is 48.5 Å². The van der Waals surface area contributed by atoms with Gasteiger partial charge in [-0.25, -0.2) is 0 Å². The third-order valence-corrected chi connectivity index (χ3v) is 4.42. The van der Waals surface area contributed by atoms with Gasteiger partial charge in [-0.2, -0.15) is 0 Å². The molecule has 0 saturated carbocycles. The fourth-order valence-corrected chi connectivity index (χ4v) is 2.64. The van der Waals surface area contributed by atoms with Crippen LogP contribution in [0.3, 0.4) is 0 Å². The molecule has 0 aliphatic rings. The van der Waals surface area contributed by atoms with E-state index < -0.39 is 0 Å². The van der Waals surface area contributed by atoms with Gasteiger partial charge in [0.05, 0.1) is 5.38 Å². The average molecular weight is 287 g/mol. The van der Waals surface area contributed by atoms with E-state index in [1.54, 1.807) is 0 Å². The predicted octanol–water partition coefficient (Wildman–Crippen LogP) is 6.03. The lowest BCUT2D eigenvalue weighted by molar-refractivity contribution is 0.732. The van der Waals surface area contributed by atoms with Gasteiger partial charge in [0.1, 0.15) is 0 Å². The summed E-state index contributed by atoms with van der Waals surface area (Å²) in [5, 5.41) is 0.0451. The van der Waals surface area contributed by atoms with Crippen LogP contribution < -0.4 is 0 Å². The Hall–Kier alpha value is -1.27. The summed E-state index contributed by atoms with van der Waals surface area (Å²) in [6, 6.07) is 17.4. The Labute approximate surface area is 127 Å². The zero-order chi connectivity index (χ0) is 14.5. The maximum absolute atomic E-state index is 6.55. The highest BCUT2D eigenvalue weighted by Crippen LogP contribution is 2.27. The van der Waals surface area contributed by atoms with E-state index in [1.807, 2.05) is 0 Å². The van der Waals surface area contributed by atoms with Gasteiger partial charge in [-0.3, -0.25) is 0 Å². The molecule has 0 saturated heterocycles. The summed E-state index contributed by atoms with van der Waals surface area (Å²) in [5.74, 6) is 0.620. The zero-order valence-electron chi connectivity index (χ0n) is 12.6. The number of benzene rings is 2. The second kappa shape index (κ2) is 6.95. The molecular weight excluding hydrogens is 264 g/mol. The largest absolute Gasteiger partial charge is 0.117 e. The van der Waals surface area contributed by atoms with E-state index in [1.165, 1.54) is 28.7 Å². The minimum atomic E-state index is 0.0451. The standard InChI is InChI=1S/C19H23Cl/c1-4-15(3)17-9-11-18(12-10-17)19(20)13-16-7-5-14(2)6-8-16/h5-12,15,19H,4,13H2,1-3H3. The van der Waals surface area contributed by atoms with Gasteiger partial charge in [-0.15, -0.1) is 11.6 Å². The van der Waals surface area contributed by atoms with Crippen molar-refractivity contribution in [3.05, 3.63) is 70.8 Å². The third-order valence-electron chi connectivity index (χ3n) is 4.02. The summed E-state index contributed by atoms with van der Waals surface area (Å²) in [5.41, 5.74) is 5.19. The summed E-state index contributed by atoms with van der Waals surface area (Å²) in [7, 11) is 0. The quantitative estimate of drug-likeness (QED) is 0.589. The number of alkyl halides is 1. The topological polar surface area (TPSA) is 0 Å². The second-order valence-electron chi connectivity index (χ2n) is 5.63. The monoisotopic (exact) mass is 286 g/mol. The van der Waals surface area contributed by atoms with Crippen LogP contribution in [0.5, 0.6) is 0 Å². The van der Waals surface area contributed by atoms with Gasteiger partial charge < -0.3 is 0 Å². The summed E-state index contributed by atoms with van der Waals surface area (Å²) in [6.07, 6.45) is 2.05. The fourth-order valence-electron chi connectivity index (χ4n) is 2.32. The summed E-state index contributed by atoms with van der Waals surface area (Å²) < 4.78 is 0. The van der Waals surface area contributed by atoms with Crippen molar-refractivity contribution in [3.63, 3.8) is 0 Å². The van der Waals surface area contributed by atoms with E-state index in [4.69, 9.17) is 11.6 Å². The first-order chi connectivity index (χ1) is 9.60. The molecule has 0 nitrogen and oxygen atoms in total. The maximum atomic E-state index is 6.55.